The summed E-state index contributed by atoms with van der Waals surface area (Å²) in [5, 5.41) is 20.9. The standard InChI is InChI=1S/C22H22N2O4/c1-6-7-24-21(26)16(10-23)13(4)18(22(24)27)19(25)20-14(5)15-8-11(2)12(3)9-17(15)28-20/h8-9,27H,6-7H2,1-5H3. The van der Waals surface area contributed by atoms with Crippen LogP contribution in [0.25, 0.3) is 11.0 Å². The van der Waals surface area contributed by atoms with Crippen molar-refractivity contribution in [3.8, 4) is 11.9 Å². The highest BCUT2D eigenvalue weighted by Crippen LogP contribution is 2.32. The normalized spacial score (nSPS) is 11.0. The van der Waals surface area contributed by atoms with E-state index < -0.39 is 17.2 Å². The van der Waals surface area contributed by atoms with Gasteiger partial charge in [0.1, 0.15) is 17.2 Å². The average molecular weight is 378 g/mol. The average Bonchev–Trinajstić information content (AvgIpc) is 2.95. The molecule has 6 heteroatoms. The fraction of sp³-hybridized carbons (Fsp3) is 0.318. The second kappa shape index (κ2) is 7.01. The molecule has 0 spiro atoms. The van der Waals surface area contributed by atoms with E-state index in [-0.39, 0.29) is 29.0 Å². The molecule has 0 unspecified atom stereocenters. The van der Waals surface area contributed by atoms with E-state index in [4.69, 9.17) is 4.42 Å². The Bertz CT molecular complexity index is 1220. The lowest BCUT2D eigenvalue weighted by atomic mass is 9.98. The van der Waals surface area contributed by atoms with Crippen molar-refractivity contribution in [2.75, 3.05) is 0 Å². The number of nitriles is 1. The van der Waals surface area contributed by atoms with Crippen LogP contribution in [0, 0.1) is 39.0 Å². The number of aryl methyl sites for hydroxylation is 3. The second-order valence-corrected chi connectivity index (χ2v) is 7.09. The summed E-state index contributed by atoms with van der Waals surface area (Å²) in [7, 11) is 0. The molecule has 0 fully saturated rings. The van der Waals surface area contributed by atoms with Gasteiger partial charge in [0, 0.05) is 17.5 Å². The second-order valence-electron chi connectivity index (χ2n) is 7.09. The molecule has 6 nitrogen and oxygen atoms in total. The quantitative estimate of drug-likeness (QED) is 0.691. The SMILES string of the molecule is CCCn1c(O)c(C(=O)c2oc3cc(C)c(C)cc3c2C)c(C)c(C#N)c1=O. The van der Waals surface area contributed by atoms with E-state index in [0.29, 0.717) is 17.6 Å². The number of hydrogen-bond donors (Lipinski definition) is 1. The molecular weight excluding hydrogens is 356 g/mol. The molecule has 0 atom stereocenters. The van der Waals surface area contributed by atoms with E-state index in [0.717, 1.165) is 21.1 Å². The number of rotatable bonds is 4. The molecule has 1 N–H and O–H groups in total. The monoisotopic (exact) mass is 378 g/mol. The zero-order valence-corrected chi connectivity index (χ0v) is 16.6. The minimum absolute atomic E-state index is 0.0693. The summed E-state index contributed by atoms with van der Waals surface area (Å²) in [6.07, 6.45) is 0.567. The number of carbonyl (C=O) groups excluding carboxylic acids is 1. The van der Waals surface area contributed by atoms with Crippen molar-refractivity contribution in [1.29, 1.82) is 5.26 Å². The van der Waals surface area contributed by atoms with Crippen LogP contribution in [0.5, 0.6) is 5.88 Å². The number of hydrogen-bond acceptors (Lipinski definition) is 5. The number of fused-ring (bicyclic) bond motifs is 1. The summed E-state index contributed by atoms with van der Waals surface area (Å²) in [5.74, 6) is -0.870. The first-order valence-electron chi connectivity index (χ1n) is 9.14. The number of benzene rings is 1. The topological polar surface area (TPSA) is 96.2 Å². The molecule has 0 saturated carbocycles. The molecule has 0 aliphatic carbocycles. The Hall–Kier alpha value is -3.33. The highest BCUT2D eigenvalue weighted by molar-refractivity contribution is 6.12. The van der Waals surface area contributed by atoms with Gasteiger partial charge >= 0.3 is 0 Å². The molecule has 0 aliphatic heterocycles. The van der Waals surface area contributed by atoms with Crippen LogP contribution in [0.4, 0.5) is 0 Å². The number of carbonyl (C=O) groups is 1. The van der Waals surface area contributed by atoms with E-state index in [1.807, 2.05) is 39.0 Å². The molecule has 28 heavy (non-hydrogen) atoms. The highest BCUT2D eigenvalue weighted by Gasteiger charge is 2.28. The van der Waals surface area contributed by atoms with Gasteiger partial charge in [0.15, 0.2) is 5.76 Å². The van der Waals surface area contributed by atoms with Crippen LogP contribution in [-0.2, 0) is 6.54 Å². The smallest absolute Gasteiger partial charge is 0.271 e. The van der Waals surface area contributed by atoms with Gasteiger partial charge in [-0.25, -0.2) is 0 Å². The lowest BCUT2D eigenvalue weighted by Crippen LogP contribution is -2.26. The summed E-state index contributed by atoms with van der Waals surface area (Å²) in [6.45, 7) is 9.27. The predicted octanol–water partition coefficient (Wildman–Crippen LogP) is 4.05. The minimum Gasteiger partial charge on any atom is -0.494 e. The van der Waals surface area contributed by atoms with Crippen LogP contribution >= 0.6 is 0 Å². The maximum absolute atomic E-state index is 13.3. The first-order chi connectivity index (χ1) is 13.2. The van der Waals surface area contributed by atoms with Crippen LogP contribution in [0.15, 0.2) is 21.3 Å². The first-order valence-corrected chi connectivity index (χ1v) is 9.14. The molecule has 0 radical (unpaired) electrons. The third kappa shape index (κ3) is 2.80. The number of furan rings is 1. The Labute approximate surface area is 162 Å². The maximum atomic E-state index is 13.3. The maximum Gasteiger partial charge on any atom is 0.271 e. The number of aromatic nitrogens is 1. The van der Waals surface area contributed by atoms with Crippen molar-refractivity contribution in [1.82, 2.24) is 4.57 Å². The molecule has 3 aromatic rings. The summed E-state index contributed by atoms with van der Waals surface area (Å²) in [5.41, 5.74) is 2.73. The fourth-order valence-electron chi connectivity index (χ4n) is 3.46. The van der Waals surface area contributed by atoms with Gasteiger partial charge in [-0.1, -0.05) is 6.92 Å². The van der Waals surface area contributed by atoms with Crippen molar-refractivity contribution >= 4 is 16.8 Å². The molecule has 2 aromatic heterocycles. The van der Waals surface area contributed by atoms with Gasteiger partial charge in [0.2, 0.25) is 11.7 Å². The van der Waals surface area contributed by atoms with Gasteiger partial charge in [-0.05, 0) is 62.9 Å². The summed E-state index contributed by atoms with van der Waals surface area (Å²) < 4.78 is 6.91. The molecule has 144 valence electrons. The van der Waals surface area contributed by atoms with Crippen LogP contribution in [0.1, 0.15) is 57.3 Å². The molecule has 0 aliphatic rings. The Balaban J connectivity index is 2.30. The largest absolute Gasteiger partial charge is 0.494 e. The number of nitrogens with zero attached hydrogens (tertiary/aromatic N) is 2. The van der Waals surface area contributed by atoms with Crippen LogP contribution in [-0.4, -0.2) is 15.5 Å². The van der Waals surface area contributed by atoms with Gasteiger partial charge in [0.05, 0.1) is 5.56 Å². The van der Waals surface area contributed by atoms with Crippen LogP contribution in [0.2, 0.25) is 0 Å². The number of aromatic hydroxyl groups is 1. The van der Waals surface area contributed by atoms with Crippen molar-refractivity contribution in [3.05, 3.63) is 61.6 Å². The van der Waals surface area contributed by atoms with E-state index in [1.165, 1.54) is 6.92 Å². The summed E-state index contributed by atoms with van der Waals surface area (Å²) >= 11 is 0. The van der Waals surface area contributed by atoms with Crippen molar-refractivity contribution in [2.45, 2.75) is 47.6 Å². The van der Waals surface area contributed by atoms with Gasteiger partial charge in [-0.3, -0.25) is 14.2 Å². The number of pyridine rings is 1. The highest BCUT2D eigenvalue weighted by atomic mass is 16.3. The zero-order valence-electron chi connectivity index (χ0n) is 16.6. The van der Waals surface area contributed by atoms with E-state index in [2.05, 4.69) is 0 Å². The zero-order chi connectivity index (χ0) is 20.7. The van der Waals surface area contributed by atoms with Gasteiger partial charge < -0.3 is 9.52 Å². The summed E-state index contributed by atoms with van der Waals surface area (Å²) in [6, 6.07) is 5.70. The van der Waals surface area contributed by atoms with E-state index in [9.17, 15) is 20.0 Å². The third-order valence-corrected chi connectivity index (χ3v) is 5.23. The van der Waals surface area contributed by atoms with E-state index in [1.54, 1.807) is 6.92 Å². The first kappa shape index (κ1) is 19.4. The molecular formula is C22H22N2O4. The van der Waals surface area contributed by atoms with Gasteiger partial charge in [-0.15, -0.1) is 0 Å². The lowest BCUT2D eigenvalue weighted by Gasteiger charge is -2.14. The van der Waals surface area contributed by atoms with Crippen LogP contribution < -0.4 is 5.56 Å². The number of ketones is 1. The Morgan fingerprint density at radius 1 is 1.18 bits per heavy atom. The van der Waals surface area contributed by atoms with Gasteiger partial charge in [-0.2, -0.15) is 5.26 Å². The molecule has 0 amide bonds. The predicted molar refractivity (Wildman–Crippen MR) is 106 cm³/mol. The molecule has 1 aromatic carbocycles. The molecule has 0 saturated heterocycles. The summed E-state index contributed by atoms with van der Waals surface area (Å²) in [4.78, 5) is 25.8. The van der Waals surface area contributed by atoms with E-state index >= 15 is 0 Å². The van der Waals surface area contributed by atoms with Crippen LogP contribution in [0.3, 0.4) is 0 Å². The minimum atomic E-state index is -0.594. The van der Waals surface area contributed by atoms with Crippen molar-refractivity contribution in [3.63, 3.8) is 0 Å². The van der Waals surface area contributed by atoms with Crippen molar-refractivity contribution < 1.29 is 14.3 Å². The fourth-order valence-corrected chi connectivity index (χ4v) is 3.46. The molecule has 3 rings (SSSR count). The Kier molecular flexibility index (Phi) is 4.86. The molecule has 0 bridgehead atoms. The Morgan fingerprint density at radius 2 is 1.82 bits per heavy atom. The lowest BCUT2D eigenvalue weighted by molar-refractivity contribution is 0.100. The third-order valence-electron chi connectivity index (χ3n) is 5.23. The van der Waals surface area contributed by atoms with Crippen molar-refractivity contribution in [2.24, 2.45) is 0 Å². The Morgan fingerprint density at radius 3 is 2.43 bits per heavy atom. The molecule has 2 heterocycles. The van der Waals surface area contributed by atoms with Gasteiger partial charge in [0.25, 0.3) is 5.56 Å².